The molecule has 0 aliphatic carbocycles. The fraction of sp³-hybridized carbons (Fsp3) is 0.214. The number of fused-ring (bicyclic) bond motifs is 3. The smallest absolute Gasteiger partial charge is 0.336 e. The predicted octanol–water partition coefficient (Wildman–Crippen LogP) is 3.53. The normalized spacial score (nSPS) is 14.0. The summed E-state index contributed by atoms with van der Waals surface area (Å²) >= 11 is 1.79. The van der Waals surface area contributed by atoms with Gasteiger partial charge in [0.1, 0.15) is 5.58 Å². The summed E-state index contributed by atoms with van der Waals surface area (Å²) in [7, 11) is 0. The van der Waals surface area contributed by atoms with Gasteiger partial charge in [0.25, 0.3) is 0 Å². The molecule has 1 aliphatic heterocycles. The molecule has 2 aromatic rings. The quantitative estimate of drug-likeness (QED) is 0.664. The summed E-state index contributed by atoms with van der Waals surface area (Å²) in [6.45, 7) is 4.06. The van der Waals surface area contributed by atoms with Crippen LogP contribution in [0.1, 0.15) is 16.7 Å². The fourth-order valence-corrected chi connectivity index (χ4v) is 3.20. The summed E-state index contributed by atoms with van der Waals surface area (Å²) in [5, 5.41) is 1.04. The number of thioether (sulfide) groups is 1. The van der Waals surface area contributed by atoms with E-state index in [-0.39, 0.29) is 5.63 Å². The summed E-state index contributed by atoms with van der Waals surface area (Å²) in [4.78, 5) is 12.7. The third-order valence-corrected chi connectivity index (χ3v) is 4.21. The number of rotatable bonds is 0. The molecular weight excluding hydrogens is 232 g/mol. The van der Waals surface area contributed by atoms with Crippen LogP contribution in [0.5, 0.6) is 0 Å². The molecule has 0 atom stereocenters. The van der Waals surface area contributed by atoms with Crippen molar-refractivity contribution in [1.29, 1.82) is 0 Å². The van der Waals surface area contributed by atoms with Gasteiger partial charge in [0.2, 0.25) is 0 Å². The van der Waals surface area contributed by atoms with Crippen molar-refractivity contribution in [3.05, 3.63) is 45.3 Å². The van der Waals surface area contributed by atoms with Crippen molar-refractivity contribution in [1.82, 2.24) is 0 Å². The lowest BCUT2D eigenvalue weighted by molar-refractivity contribution is 0.558. The molecule has 86 valence electrons. The molecule has 1 aromatic carbocycles. The highest BCUT2D eigenvalue weighted by molar-refractivity contribution is 7.99. The molecule has 0 bridgehead atoms. The fourth-order valence-electron chi connectivity index (χ4n) is 2.24. The Kier molecular flexibility index (Phi) is 2.37. The standard InChI is InChI=1S/C14H12O2S/c1-8-7-12(15)16-13-10-4-3-5-17-14(10)9(2)6-11(8)13/h3-4,6-7H,5H2,1-2H3. The first-order valence-electron chi connectivity index (χ1n) is 5.54. The maximum atomic E-state index is 11.5. The lowest BCUT2D eigenvalue weighted by Gasteiger charge is -2.15. The molecule has 1 aliphatic rings. The first kappa shape index (κ1) is 10.7. The van der Waals surface area contributed by atoms with Gasteiger partial charge in [0.05, 0.1) is 0 Å². The molecule has 0 amide bonds. The third kappa shape index (κ3) is 1.62. The van der Waals surface area contributed by atoms with Crippen LogP contribution in [0, 0.1) is 13.8 Å². The SMILES string of the molecule is Cc1cc2c(C)cc(=O)oc2c2c1SCC=C2. The number of benzene rings is 1. The zero-order valence-corrected chi connectivity index (χ0v) is 10.6. The molecule has 0 fully saturated rings. The molecular formula is C14H12O2S. The van der Waals surface area contributed by atoms with E-state index in [1.807, 2.05) is 6.92 Å². The number of aryl methyl sites for hydroxylation is 2. The molecule has 0 radical (unpaired) electrons. The Morgan fingerprint density at radius 3 is 2.88 bits per heavy atom. The minimum atomic E-state index is -0.273. The molecule has 0 saturated carbocycles. The van der Waals surface area contributed by atoms with E-state index in [2.05, 4.69) is 25.1 Å². The minimum Gasteiger partial charge on any atom is -0.422 e. The van der Waals surface area contributed by atoms with Crippen molar-refractivity contribution in [3.8, 4) is 0 Å². The van der Waals surface area contributed by atoms with Crippen LogP contribution in [0.25, 0.3) is 17.0 Å². The Balaban J connectivity index is 2.53. The summed E-state index contributed by atoms with van der Waals surface area (Å²) in [5.74, 6) is 0.982. The lowest BCUT2D eigenvalue weighted by Crippen LogP contribution is -2.01. The number of hydrogen-bond donors (Lipinski definition) is 0. The van der Waals surface area contributed by atoms with E-state index in [9.17, 15) is 4.79 Å². The maximum Gasteiger partial charge on any atom is 0.336 e. The predicted molar refractivity (Wildman–Crippen MR) is 71.7 cm³/mol. The van der Waals surface area contributed by atoms with E-state index in [1.54, 1.807) is 17.8 Å². The second kappa shape index (κ2) is 3.77. The van der Waals surface area contributed by atoms with Gasteiger partial charge in [-0.15, -0.1) is 11.8 Å². The summed E-state index contributed by atoms with van der Waals surface area (Å²) in [6.07, 6.45) is 4.16. The molecule has 17 heavy (non-hydrogen) atoms. The summed E-state index contributed by atoms with van der Waals surface area (Å²) in [6, 6.07) is 3.66. The van der Waals surface area contributed by atoms with Gasteiger partial charge in [0, 0.05) is 27.7 Å². The van der Waals surface area contributed by atoms with Crippen molar-refractivity contribution < 1.29 is 4.42 Å². The minimum absolute atomic E-state index is 0.273. The van der Waals surface area contributed by atoms with Gasteiger partial charge >= 0.3 is 5.63 Å². The molecule has 0 spiro atoms. The van der Waals surface area contributed by atoms with E-state index in [0.29, 0.717) is 0 Å². The third-order valence-electron chi connectivity index (χ3n) is 3.02. The Labute approximate surface area is 103 Å². The first-order valence-corrected chi connectivity index (χ1v) is 6.53. The van der Waals surface area contributed by atoms with Crippen LogP contribution >= 0.6 is 11.8 Å². The molecule has 0 N–H and O–H groups in total. The molecule has 2 heterocycles. The molecule has 0 unspecified atom stereocenters. The monoisotopic (exact) mass is 244 g/mol. The van der Waals surface area contributed by atoms with Gasteiger partial charge in [0.15, 0.2) is 0 Å². The Morgan fingerprint density at radius 1 is 1.24 bits per heavy atom. The average Bonchev–Trinajstić information content (AvgIpc) is 2.31. The zero-order chi connectivity index (χ0) is 12.0. The van der Waals surface area contributed by atoms with E-state index >= 15 is 0 Å². The lowest BCUT2D eigenvalue weighted by atomic mass is 10.0. The maximum absolute atomic E-state index is 11.5. The topological polar surface area (TPSA) is 30.2 Å². The van der Waals surface area contributed by atoms with Crippen LogP contribution in [0.2, 0.25) is 0 Å². The van der Waals surface area contributed by atoms with Crippen molar-refractivity contribution in [2.45, 2.75) is 18.7 Å². The van der Waals surface area contributed by atoms with E-state index in [0.717, 1.165) is 27.8 Å². The largest absolute Gasteiger partial charge is 0.422 e. The van der Waals surface area contributed by atoms with Gasteiger partial charge in [-0.25, -0.2) is 4.79 Å². The van der Waals surface area contributed by atoms with Crippen LogP contribution in [0.4, 0.5) is 0 Å². The van der Waals surface area contributed by atoms with Crippen LogP contribution in [-0.4, -0.2) is 5.75 Å². The van der Waals surface area contributed by atoms with Crippen LogP contribution in [-0.2, 0) is 0 Å². The van der Waals surface area contributed by atoms with Gasteiger partial charge in [-0.05, 0) is 31.0 Å². The average molecular weight is 244 g/mol. The highest BCUT2D eigenvalue weighted by atomic mass is 32.2. The number of hydrogen-bond acceptors (Lipinski definition) is 3. The van der Waals surface area contributed by atoms with E-state index < -0.39 is 0 Å². The summed E-state index contributed by atoms with van der Waals surface area (Å²) in [5.41, 5.74) is 3.73. The van der Waals surface area contributed by atoms with E-state index in [4.69, 9.17) is 4.42 Å². The Morgan fingerprint density at radius 2 is 2.06 bits per heavy atom. The van der Waals surface area contributed by atoms with Crippen LogP contribution < -0.4 is 5.63 Å². The molecule has 1 aromatic heterocycles. The van der Waals surface area contributed by atoms with Gasteiger partial charge < -0.3 is 4.42 Å². The van der Waals surface area contributed by atoms with Crippen molar-refractivity contribution in [3.63, 3.8) is 0 Å². The van der Waals surface area contributed by atoms with Crippen molar-refractivity contribution >= 4 is 28.8 Å². The molecule has 3 rings (SSSR count). The Hall–Kier alpha value is -1.48. The van der Waals surface area contributed by atoms with Crippen LogP contribution in [0.3, 0.4) is 0 Å². The first-order chi connectivity index (χ1) is 8.16. The van der Waals surface area contributed by atoms with Crippen LogP contribution in [0.15, 0.2) is 32.3 Å². The van der Waals surface area contributed by atoms with Crippen molar-refractivity contribution in [2.75, 3.05) is 5.75 Å². The highest BCUT2D eigenvalue weighted by Crippen LogP contribution is 2.37. The second-order valence-electron chi connectivity index (χ2n) is 4.27. The van der Waals surface area contributed by atoms with Crippen molar-refractivity contribution in [2.24, 2.45) is 0 Å². The van der Waals surface area contributed by atoms with Gasteiger partial charge in [-0.2, -0.15) is 0 Å². The second-order valence-corrected chi connectivity index (χ2v) is 5.31. The van der Waals surface area contributed by atoms with E-state index in [1.165, 1.54) is 10.5 Å². The molecule has 0 saturated heterocycles. The Bertz CT molecular complexity index is 695. The molecule has 2 nitrogen and oxygen atoms in total. The molecule has 3 heteroatoms. The van der Waals surface area contributed by atoms with Gasteiger partial charge in [-0.3, -0.25) is 0 Å². The highest BCUT2D eigenvalue weighted by Gasteiger charge is 2.15. The zero-order valence-electron chi connectivity index (χ0n) is 9.74. The summed E-state index contributed by atoms with van der Waals surface area (Å²) < 4.78 is 5.38. The van der Waals surface area contributed by atoms with Gasteiger partial charge in [-0.1, -0.05) is 12.2 Å².